The molecular formula is C14H21NO2. The normalized spacial score (nSPS) is 12.5. The van der Waals surface area contributed by atoms with Crippen LogP contribution < -0.4 is 5.73 Å². The molecule has 17 heavy (non-hydrogen) atoms. The van der Waals surface area contributed by atoms with Crippen LogP contribution in [0.1, 0.15) is 32.8 Å². The fraction of sp³-hybridized carbons (Fsp3) is 0.500. The van der Waals surface area contributed by atoms with Crippen molar-refractivity contribution in [2.24, 2.45) is 5.92 Å². The summed E-state index contributed by atoms with van der Waals surface area (Å²) in [7, 11) is 0. The highest BCUT2D eigenvalue weighted by Crippen LogP contribution is 2.10. The number of hydrogen-bond donors (Lipinski definition) is 1. The Kier molecular flexibility index (Phi) is 5.01. The molecule has 0 aliphatic heterocycles. The van der Waals surface area contributed by atoms with Crippen molar-refractivity contribution in [3.05, 3.63) is 29.8 Å². The standard InChI is InChI=1S/C14H21NO2/c1-10(2)11(3)17-14(16)9-6-12-4-7-13(15)8-5-12/h4-5,7-8,10-11H,6,9,15H2,1-3H3. The fourth-order valence-corrected chi connectivity index (χ4v) is 1.33. The number of hydrogen-bond acceptors (Lipinski definition) is 3. The molecule has 0 radical (unpaired) electrons. The number of carbonyl (C=O) groups excluding carboxylic acids is 1. The number of rotatable bonds is 5. The van der Waals surface area contributed by atoms with Crippen LogP contribution in [0.25, 0.3) is 0 Å². The van der Waals surface area contributed by atoms with Crippen molar-refractivity contribution >= 4 is 11.7 Å². The van der Waals surface area contributed by atoms with E-state index in [2.05, 4.69) is 0 Å². The van der Waals surface area contributed by atoms with Gasteiger partial charge in [0.05, 0.1) is 0 Å². The Bertz CT molecular complexity index is 357. The molecule has 0 fully saturated rings. The minimum atomic E-state index is -0.136. The van der Waals surface area contributed by atoms with Crippen LogP contribution in [0.3, 0.4) is 0 Å². The first kappa shape index (κ1) is 13.6. The van der Waals surface area contributed by atoms with E-state index in [9.17, 15) is 4.79 Å². The van der Waals surface area contributed by atoms with Crippen LogP contribution in [0.15, 0.2) is 24.3 Å². The lowest BCUT2D eigenvalue weighted by molar-refractivity contribution is -0.150. The summed E-state index contributed by atoms with van der Waals surface area (Å²) >= 11 is 0. The zero-order valence-corrected chi connectivity index (χ0v) is 10.8. The van der Waals surface area contributed by atoms with Crippen LogP contribution in [-0.2, 0) is 16.0 Å². The Morgan fingerprint density at radius 3 is 2.35 bits per heavy atom. The quantitative estimate of drug-likeness (QED) is 0.630. The highest BCUT2D eigenvalue weighted by atomic mass is 16.5. The molecule has 0 aliphatic rings. The Balaban J connectivity index is 2.35. The molecule has 1 atom stereocenters. The van der Waals surface area contributed by atoms with Crippen molar-refractivity contribution in [3.63, 3.8) is 0 Å². The monoisotopic (exact) mass is 235 g/mol. The number of benzene rings is 1. The van der Waals surface area contributed by atoms with E-state index >= 15 is 0 Å². The smallest absolute Gasteiger partial charge is 0.306 e. The van der Waals surface area contributed by atoms with Crippen molar-refractivity contribution in [2.75, 3.05) is 5.73 Å². The Hall–Kier alpha value is -1.51. The molecule has 0 amide bonds. The largest absolute Gasteiger partial charge is 0.462 e. The maximum atomic E-state index is 11.6. The maximum Gasteiger partial charge on any atom is 0.306 e. The minimum absolute atomic E-state index is 0.0195. The SMILES string of the molecule is CC(C)C(C)OC(=O)CCc1ccc(N)cc1. The topological polar surface area (TPSA) is 52.3 Å². The Labute approximate surface area is 103 Å². The van der Waals surface area contributed by atoms with E-state index < -0.39 is 0 Å². The summed E-state index contributed by atoms with van der Waals surface area (Å²) in [4.78, 5) is 11.6. The van der Waals surface area contributed by atoms with E-state index in [0.29, 0.717) is 18.8 Å². The molecule has 2 N–H and O–H groups in total. The average molecular weight is 235 g/mol. The molecule has 1 aromatic carbocycles. The van der Waals surface area contributed by atoms with E-state index in [1.165, 1.54) is 0 Å². The lowest BCUT2D eigenvalue weighted by atomic mass is 10.1. The predicted molar refractivity (Wildman–Crippen MR) is 69.6 cm³/mol. The number of aryl methyl sites for hydroxylation is 1. The van der Waals surface area contributed by atoms with Gasteiger partial charge in [-0.2, -0.15) is 0 Å². The number of esters is 1. The molecule has 3 heteroatoms. The second kappa shape index (κ2) is 6.28. The number of ether oxygens (including phenoxy) is 1. The number of nitrogen functional groups attached to an aromatic ring is 1. The lowest BCUT2D eigenvalue weighted by Gasteiger charge is -2.16. The summed E-state index contributed by atoms with van der Waals surface area (Å²) in [6.45, 7) is 6.00. The van der Waals surface area contributed by atoms with Gasteiger partial charge in [-0.1, -0.05) is 26.0 Å². The van der Waals surface area contributed by atoms with Crippen LogP contribution in [0.4, 0.5) is 5.69 Å². The molecule has 1 rings (SSSR count). The molecule has 0 aromatic heterocycles. The first-order valence-corrected chi connectivity index (χ1v) is 6.03. The second-order valence-electron chi connectivity index (χ2n) is 4.68. The van der Waals surface area contributed by atoms with Crippen molar-refractivity contribution < 1.29 is 9.53 Å². The van der Waals surface area contributed by atoms with Gasteiger partial charge in [-0.05, 0) is 37.0 Å². The van der Waals surface area contributed by atoms with Crippen LogP contribution in [0.2, 0.25) is 0 Å². The first-order valence-electron chi connectivity index (χ1n) is 6.03. The van der Waals surface area contributed by atoms with E-state index in [1.54, 1.807) is 0 Å². The molecule has 0 bridgehead atoms. The number of carbonyl (C=O) groups is 1. The molecule has 0 spiro atoms. The molecule has 94 valence electrons. The fourth-order valence-electron chi connectivity index (χ4n) is 1.33. The lowest BCUT2D eigenvalue weighted by Crippen LogP contribution is -2.20. The molecule has 0 heterocycles. The minimum Gasteiger partial charge on any atom is -0.462 e. The number of anilines is 1. The van der Waals surface area contributed by atoms with Crippen molar-refractivity contribution in [3.8, 4) is 0 Å². The van der Waals surface area contributed by atoms with Crippen LogP contribution in [0, 0.1) is 5.92 Å². The average Bonchev–Trinajstić information content (AvgIpc) is 2.28. The maximum absolute atomic E-state index is 11.6. The van der Waals surface area contributed by atoms with Crippen molar-refractivity contribution in [1.82, 2.24) is 0 Å². The van der Waals surface area contributed by atoms with Gasteiger partial charge in [-0.25, -0.2) is 0 Å². The zero-order chi connectivity index (χ0) is 12.8. The Morgan fingerprint density at radius 1 is 1.24 bits per heavy atom. The summed E-state index contributed by atoms with van der Waals surface area (Å²) in [5.74, 6) is 0.221. The predicted octanol–water partition coefficient (Wildman–Crippen LogP) is 2.79. The molecule has 0 saturated carbocycles. The van der Waals surface area contributed by atoms with Gasteiger partial charge in [-0.15, -0.1) is 0 Å². The first-order chi connectivity index (χ1) is 7.99. The van der Waals surface area contributed by atoms with E-state index in [-0.39, 0.29) is 12.1 Å². The van der Waals surface area contributed by atoms with Gasteiger partial charge in [-0.3, -0.25) is 4.79 Å². The van der Waals surface area contributed by atoms with Crippen molar-refractivity contribution in [2.45, 2.75) is 39.7 Å². The van der Waals surface area contributed by atoms with Gasteiger partial charge in [0.25, 0.3) is 0 Å². The third kappa shape index (κ3) is 4.89. The molecular weight excluding hydrogens is 214 g/mol. The zero-order valence-electron chi connectivity index (χ0n) is 10.8. The molecule has 1 unspecified atom stereocenters. The van der Waals surface area contributed by atoms with E-state index in [1.807, 2.05) is 45.0 Å². The van der Waals surface area contributed by atoms with E-state index in [4.69, 9.17) is 10.5 Å². The van der Waals surface area contributed by atoms with Gasteiger partial charge in [0.1, 0.15) is 6.10 Å². The van der Waals surface area contributed by atoms with Gasteiger partial charge in [0.2, 0.25) is 0 Å². The van der Waals surface area contributed by atoms with Crippen LogP contribution in [-0.4, -0.2) is 12.1 Å². The molecule has 0 aliphatic carbocycles. The highest BCUT2D eigenvalue weighted by Gasteiger charge is 2.12. The van der Waals surface area contributed by atoms with Crippen LogP contribution >= 0.6 is 0 Å². The van der Waals surface area contributed by atoms with Crippen LogP contribution in [0.5, 0.6) is 0 Å². The van der Waals surface area contributed by atoms with Gasteiger partial charge < -0.3 is 10.5 Å². The van der Waals surface area contributed by atoms with Crippen molar-refractivity contribution in [1.29, 1.82) is 0 Å². The van der Waals surface area contributed by atoms with Gasteiger partial charge in [0.15, 0.2) is 0 Å². The molecule has 3 nitrogen and oxygen atoms in total. The van der Waals surface area contributed by atoms with E-state index in [0.717, 1.165) is 11.3 Å². The van der Waals surface area contributed by atoms with Gasteiger partial charge >= 0.3 is 5.97 Å². The van der Waals surface area contributed by atoms with Gasteiger partial charge in [0, 0.05) is 12.1 Å². The highest BCUT2D eigenvalue weighted by molar-refractivity contribution is 5.70. The summed E-state index contributed by atoms with van der Waals surface area (Å²) in [6.07, 6.45) is 1.10. The summed E-state index contributed by atoms with van der Waals surface area (Å²) < 4.78 is 5.29. The number of nitrogens with two attached hydrogens (primary N) is 1. The third-order valence-electron chi connectivity index (χ3n) is 2.85. The summed E-state index contributed by atoms with van der Waals surface area (Å²) in [5, 5.41) is 0. The third-order valence-corrected chi connectivity index (χ3v) is 2.85. The molecule has 0 saturated heterocycles. The summed E-state index contributed by atoms with van der Waals surface area (Å²) in [5.41, 5.74) is 7.44. The molecule has 1 aromatic rings. The second-order valence-corrected chi connectivity index (χ2v) is 4.68. The Morgan fingerprint density at radius 2 is 1.82 bits per heavy atom. The summed E-state index contributed by atoms with van der Waals surface area (Å²) in [6, 6.07) is 7.57.